The van der Waals surface area contributed by atoms with Gasteiger partial charge in [0.15, 0.2) is 10.8 Å². The van der Waals surface area contributed by atoms with Gasteiger partial charge in [-0.15, -0.1) is 16.9 Å². The number of hydrazine groups is 2. The topological polar surface area (TPSA) is 49.0 Å². The zero-order valence-electron chi connectivity index (χ0n) is 3.93. The van der Waals surface area contributed by atoms with E-state index < -0.39 is 0 Å². The van der Waals surface area contributed by atoms with Gasteiger partial charge in [0.2, 0.25) is 0 Å². The summed E-state index contributed by atoms with van der Waals surface area (Å²) >= 11 is 1.56. The molecule has 0 radical (unpaired) electrons. The van der Waals surface area contributed by atoms with E-state index >= 15 is 0 Å². The number of anilines is 2. The lowest BCUT2D eigenvalue weighted by molar-refractivity contribution is 0.999. The van der Waals surface area contributed by atoms with Crippen LogP contribution in [0.2, 0.25) is 0 Å². The van der Waals surface area contributed by atoms with Crippen LogP contribution in [-0.2, 0) is 0 Å². The highest BCUT2D eigenvalue weighted by atomic mass is 32.1. The molecule has 1 aromatic heterocycles. The molecule has 0 aromatic carbocycles. The Kier molecular flexibility index (Phi) is 0.684. The van der Waals surface area contributed by atoms with Crippen LogP contribution in [0.5, 0.6) is 0 Å². The van der Waals surface area contributed by atoms with E-state index in [0.29, 0.717) is 0 Å². The maximum atomic E-state index is 3.98. The van der Waals surface area contributed by atoms with Crippen LogP contribution in [0.3, 0.4) is 0 Å². The molecule has 2 rings (SSSR count). The summed E-state index contributed by atoms with van der Waals surface area (Å²) in [6, 6.07) is 0. The maximum absolute atomic E-state index is 3.98. The molecule has 1 aliphatic rings. The molecular weight excluding hydrogens is 124 g/mol. The van der Waals surface area contributed by atoms with Crippen molar-refractivity contribution in [2.45, 2.75) is 0 Å². The Labute approximate surface area is 49.9 Å². The van der Waals surface area contributed by atoms with E-state index in [1.807, 2.05) is 0 Å². The summed E-state index contributed by atoms with van der Waals surface area (Å²) in [4.78, 5) is 3.98. The van der Waals surface area contributed by atoms with Crippen molar-refractivity contribution in [2.24, 2.45) is 0 Å². The molecule has 1 aromatic rings. The average molecular weight is 128 g/mol. The second-order valence-electron chi connectivity index (χ2n) is 1.41. The fraction of sp³-hybridized carbons (Fsp3) is 0. The van der Waals surface area contributed by atoms with Gasteiger partial charge in [-0.1, -0.05) is 0 Å². The van der Waals surface area contributed by atoms with Crippen molar-refractivity contribution in [3.8, 4) is 0 Å². The van der Waals surface area contributed by atoms with Crippen LogP contribution in [0, 0.1) is 0 Å². The van der Waals surface area contributed by atoms with E-state index in [1.54, 1.807) is 16.8 Å². The molecule has 0 spiro atoms. The molecule has 0 aliphatic carbocycles. The number of nitrogens with one attached hydrogen (secondary N) is 3. The standard InChI is InChI=1S/C3H4N4S/c1-4-2-3(8-1)6-7-5-2/h1,5-7H. The smallest absolute Gasteiger partial charge is 0.178 e. The molecule has 4 nitrogen and oxygen atoms in total. The van der Waals surface area contributed by atoms with Gasteiger partial charge in [0.25, 0.3) is 0 Å². The van der Waals surface area contributed by atoms with Crippen LogP contribution in [0.15, 0.2) is 5.51 Å². The number of thiazole rings is 1. The molecule has 0 saturated heterocycles. The summed E-state index contributed by atoms with van der Waals surface area (Å²) in [5, 5.41) is 1.05. The minimum atomic E-state index is 0.884. The molecule has 8 heavy (non-hydrogen) atoms. The highest BCUT2D eigenvalue weighted by Gasteiger charge is 2.09. The summed E-state index contributed by atoms with van der Waals surface area (Å²) in [5.74, 6) is 0.884. The van der Waals surface area contributed by atoms with Crippen molar-refractivity contribution in [3.05, 3.63) is 5.51 Å². The molecule has 0 unspecified atom stereocenters. The molecule has 0 fully saturated rings. The van der Waals surface area contributed by atoms with E-state index in [0.717, 1.165) is 10.8 Å². The monoisotopic (exact) mass is 128 g/mol. The van der Waals surface area contributed by atoms with E-state index in [-0.39, 0.29) is 0 Å². The van der Waals surface area contributed by atoms with Crippen molar-refractivity contribution in [1.82, 2.24) is 10.5 Å². The first-order valence-corrected chi connectivity index (χ1v) is 3.05. The van der Waals surface area contributed by atoms with Crippen molar-refractivity contribution in [3.63, 3.8) is 0 Å². The van der Waals surface area contributed by atoms with Crippen LogP contribution in [0.4, 0.5) is 10.8 Å². The Hall–Kier alpha value is -0.810. The number of nitrogens with zero attached hydrogens (tertiary/aromatic N) is 1. The van der Waals surface area contributed by atoms with Gasteiger partial charge in [0.1, 0.15) is 0 Å². The van der Waals surface area contributed by atoms with Crippen LogP contribution in [0.25, 0.3) is 0 Å². The molecule has 0 atom stereocenters. The molecule has 5 heteroatoms. The Morgan fingerprint density at radius 2 is 2.50 bits per heavy atom. The Balaban J connectivity index is 2.54. The van der Waals surface area contributed by atoms with Crippen LogP contribution in [0.1, 0.15) is 0 Å². The summed E-state index contributed by atoms with van der Waals surface area (Å²) in [6.07, 6.45) is 0. The zero-order chi connectivity index (χ0) is 5.40. The molecule has 0 amide bonds. The third-order valence-electron chi connectivity index (χ3n) is 0.924. The van der Waals surface area contributed by atoms with Gasteiger partial charge >= 0.3 is 0 Å². The van der Waals surface area contributed by atoms with Crippen LogP contribution in [-0.4, -0.2) is 4.98 Å². The van der Waals surface area contributed by atoms with Crippen molar-refractivity contribution < 1.29 is 0 Å². The van der Waals surface area contributed by atoms with E-state index in [9.17, 15) is 0 Å². The normalized spacial score (nSPS) is 14.5. The third-order valence-corrected chi connectivity index (χ3v) is 1.67. The third kappa shape index (κ3) is 0.395. The highest BCUT2D eigenvalue weighted by molar-refractivity contribution is 7.14. The minimum absolute atomic E-state index is 0.884. The van der Waals surface area contributed by atoms with E-state index in [4.69, 9.17) is 0 Å². The second kappa shape index (κ2) is 1.33. The largest absolute Gasteiger partial charge is 0.292 e. The fourth-order valence-corrected chi connectivity index (χ4v) is 1.16. The molecule has 0 bridgehead atoms. The molecule has 1 aliphatic heterocycles. The summed E-state index contributed by atoms with van der Waals surface area (Å²) in [6.45, 7) is 0. The predicted octanol–water partition coefficient (Wildman–Crippen LogP) is 0.400. The lowest BCUT2D eigenvalue weighted by atomic mass is 10.7. The van der Waals surface area contributed by atoms with Gasteiger partial charge < -0.3 is 0 Å². The molecule has 3 N–H and O–H groups in total. The van der Waals surface area contributed by atoms with E-state index in [2.05, 4.69) is 21.4 Å². The van der Waals surface area contributed by atoms with Gasteiger partial charge in [-0.05, 0) is 0 Å². The van der Waals surface area contributed by atoms with Crippen molar-refractivity contribution in [1.29, 1.82) is 0 Å². The zero-order valence-corrected chi connectivity index (χ0v) is 4.75. The number of rotatable bonds is 0. The van der Waals surface area contributed by atoms with Gasteiger partial charge in [0, 0.05) is 0 Å². The van der Waals surface area contributed by atoms with Crippen molar-refractivity contribution in [2.75, 3.05) is 10.9 Å². The number of hydrogen-bond acceptors (Lipinski definition) is 5. The Morgan fingerprint density at radius 1 is 1.50 bits per heavy atom. The SMILES string of the molecule is c1nc2c(s1)NNN2. The Bertz CT molecular complexity index is 176. The summed E-state index contributed by atoms with van der Waals surface area (Å²) in [7, 11) is 0. The first kappa shape index (κ1) is 4.11. The second-order valence-corrected chi connectivity index (χ2v) is 2.26. The quantitative estimate of drug-likeness (QED) is 0.473. The van der Waals surface area contributed by atoms with Gasteiger partial charge in [-0.25, -0.2) is 4.98 Å². The first-order valence-electron chi connectivity index (χ1n) is 2.17. The predicted molar refractivity (Wildman–Crippen MR) is 32.5 cm³/mol. The number of aromatic nitrogens is 1. The lowest BCUT2D eigenvalue weighted by Crippen LogP contribution is -2.19. The van der Waals surface area contributed by atoms with Crippen LogP contribution >= 0.6 is 11.3 Å². The molecule has 0 saturated carbocycles. The molecule has 2 heterocycles. The lowest BCUT2D eigenvalue weighted by Gasteiger charge is -1.89. The van der Waals surface area contributed by atoms with Gasteiger partial charge in [0.05, 0.1) is 5.51 Å². The maximum Gasteiger partial charge on any atom is 0.178 e. The average Bonchev–Trinajstić information content (AvgIpc) is 2.15. The van der Waals surface area contributed by atoms with Crippen molar-refractivity contribution >= 4 is 22.2 Å². The number of fused-ring (bicyclic) bond motifs is 1. The Morgan fingerprint density at radius 3 is 3.38 bits per heavy atom. The highest BCUT2D eigenvalue weighted by Crippen LogP contribution is 2.26. The summed E-state index contributed by atoms with van der Waals surface area (Å²) < 4.78 is 0. The molecular formula is C3H4N4S. The first-order chi connectivity index (χ1) is 3.97. The van der Waals surface area contributed by atoms with Gasteiger partial charge in [-0.3, -0.25) is 10.9 Å². The van der Waals surface area contributed by atoms with Crippen LogP contribution < -0.4 is 16.4 Å². The van der Waals surface area contributed by atoms with Gasteiger partial charge in [-0.2, -0.15) is 0 Å². The molecule has 42 valence electrons. The minimum Gasteiger partial charge on any atom is -0.292 e. The van der Waals surface area contributed by atoms with E-state index in [1.165, 1.54) is 0 Å². The summed E-state index contributed by atoms with van der Waals surface area (Å²) in [5.41, 5.74) is 10.2. The fourth-order valence-electron chi connectivity index (χ4n) is 0.571. The number of hydrogen-bond donors (Lipinski definition) is 3.